The molecular formula is C56H56Br4Cl2F4N10O14. The lowest BCUT2D eigenvalue weighted by Crippen LogP contribution is -2.63. The zero-order chi connectivity index (χ0) is 65.5. The molecule has 0 bridgehead atoms. The van der Waals surface area contributed by atoms with E-state index < -0.39 is 144 Å². The summed E-state index contributed by atoms with van der Waals surface area (Å²) in [7, 11) is 2.58. The van der Waals surface area contributed by atoms with E-state index in [1.54, 1.807) is 36.4 Å². The Morgan fingerprint density at radius 1 is 0.567 bits per heavy atom. The molecule has 4 amide bonds. The molecule has 0 aliphatic carbocycles. The Bertz CT molecular complexity index is 3350. The van der Waals surface area contributed by atoms with Crippen LogP contribution in [0.5, 0.6) is 0 Å². The van der Waals surface area contributed by atoms with Gasteiger partial charge >= 0.3 is 0 Å². The largest absolute Gasteiger partial charge is 0.394 e. The van der Waals surface area contributed by atoms with E-state index >= 15 is 0 Å². The van der Waals surface area contributed by atoms with Crippen LogP contribution in [0.25, 0.3) is 22.5 Å². The van der Waals surface area contributed by atoms with Gasteiger partial charge in [-0.15, -0.1) is 10.2 Å². The number of likely N-dealkylation sites (tertiary alicyclic amines) is 2. The van der Waals surface area contributed by atoms with Crippen LogP contribution in [-0.2, 0) is 38.1 Å². The standard InChI is InChI=1S/2C28H28Br2ClF2N5O7/c2*1-12(40)36-9-20(21(41)10-36)38(16-6-14(29)5-15(30)7-16)28(43)27-26(44-2)24(25(42)22(11-39)45-27)37-8-19(34-35-37)13-3-17(32)23(31)18(33)4-13/h2*3-8,20-22,24-27,39,41-42H,9-11H2,1-2H3/t20-,21-,22+,24-,25-,26+,27+;20-,21-,22-,24+,25+,26-,27-/m01/s1. The maximum atomic E-state index is 14.5. The third-order valence-corrected chi connectivity index (χ3v) is 18.3. The molecule has 4 saturated heterocycles. The van der Waals surface area contributed by atoms with Crippen LogP contribution >= 0.6 is 86.9 Å². The normalized spacial score (nSPS) is 26.7. The van der Waals surface area contributed by atoms with E-state index in [0.717, 1.165) is 24.3 Å². The average Bonchev–Trinajstić information content (AvgIpc) is 1.91. The minimum Gasteiger partial charge on any atom is -0.394 e. The number of methoxy groups -OCH3 is 2. The highest BCUT2D eigenvalue weighted by atomic mass is 79.9. The summed E-state index contributed by atoms with van der Waals surface area (Å²) in [5.74, 6) is -6.00. The molecule has 0 spiro atoms. The van der Waals surface area contributed by atoms with Crippen LogP contribution in [0.2, 0.25) is 10.0 Å². The average molecular weight is 1560 g/mol. The minimum atomic E-state index is -1.48. The summed E-state index contributed by atoms with van der Waals surface area (Å²) in [6.07, 6.45) is -10.6. The second kappa shape index (κ2) is 29.0. The Balaban J connectivity index is 0.000000213. The number of amides is 4. The van der Waals surface area contributed by atoms with Gasteiger partial charge in [-0.2, -0.15) is 0 Å². The SMILES string of the molecule is CO[C@@H]1[C@@H](n2cc(-c3cc(F)c(Cl)c(F)c3)nn2)[C@@H](O)[C@@H](CO)O[C@H]1C(=O)N(c1cc(Br)cc(Br)c1)[C@@H]1CN(C(C)=O)C[C@H]1O.CO[C@@H]1[C@@H](n2cc(-c3cc(F)c(Cl)c(F)c3)nn2)[C@@H](O)[C@@H](CO)O[C@H]1C(=O)N(c1cc(Br)cc(Br)c1)[C@H]1CN(C(C)=O)C[C@@H]1O. The smallest absolute Gasteiger partial charge is 0.259 e. The molecule has 0 saturated carbocycles. The zero-order valence-electron chi connectivity index (χ0n) is 47.5. The molecule has 4 fully saturated rings. The number of ether oxygens (including phenoxy) is 4. The number of hydrogen-bond acceptors (Lipinski definition) is 18. The predicted molar refractivity (Wildman–Crippen MR) is 327 cm³/mol. The number of anilines is 2. The molecule has 10 rings (SSSR count). The quantitative estimate of drug-likeness (QED) is 0.0587. The van der Waals surface area contributed by atoms with E-state index in [4.69, 9.17) is 42.1 Å². The van der Waals surface area contributed by atoms with E-state index in [1.807, 2.05) is 0 Å². The van der Waals surface area contributed by atoms with Crippen molar-refractivity contribution in [2.45, 2.75) is 99.1 Å². The van der Waals surface area contributed by atoms with E-state index in [9.17, 15) is 67.4 Å². The first-order chi connectivity index (χ1) is 42.7. The number of carbonyl (C=O) groups is 4. The van der Waals surface area contributed by atoms with Crippen LogP contribution in [0, 0.1) is 23.3 Å². The van der Waals surface area contributed by atoms with E-state index in [-0.39, 0.29) is 60.5 Å². The number of rotatable bonds is 14. The summed E-state index contributed by atoms with van der Waals surface area (Å²) >= 11 is 24.9. The monoisotopic (exact) mass is 1550 g/mol. The van der Waals surface area contributed by atoms with Crippen molar-refractivity contribution >= 4 is 122 Å². The van der Waals surface area contributed by atoms with Gasteiger partial charge in [-0.3, -0.25) is 19.2 Å². The number of aromatic nitrogens is 6. The summed E-state index contributed by atoms with van der Waals surface area (Å²) < 4.78 is 84.8. The number of carbonyl (C=O) groups excluding carboxylic acids is 4. The fraction of sp³-hybridized carbons (Fsp3) is 0.429. The van der Waals surface area contributed by atoms with Crippen molar-refractivity contribution in [1.29, 1.82) is 0 Å². The second-order valence-corrected chi connectivity index (χ2v) is 25.8. The molecule has 484 valence electrons. The first-order valence-electron chi connectivity index (χ1n) is 27.2. The molecule has 6 aromatic rings. The van der Waals surface area contributed by atoms with Crippen molar-refractivity contribution in [3.05, 3.63) is 124 Å². The van der Waals surface area contributed by atoms with Crippen LogP contribution in [0.15, 0.2) is 90.9 Å². The molecule has 24 nitrogen and oxygen atoms in total. The van der Waals surface area contributed by atoms with Gasteiger partial charge in [-0.05, 0) is 60.7 Å². The summed E-state index contributed by atoms with van der Waals surface area (Å²) in [5, 5.41) is 79.6. The van der Waals surface area contributed by atoms with E-state index in [1.165, 1.54) is 69.4 Å². The van der Waals surface area contributed by atoms with Crippen LogP contribution in [0.1, 0.15) is 25.9 Å². The van der Waals surface area contributed by atoms with Crippen LogP contribution < -0.4 is 9.80 Å². The zero-order valence-corrected chi connectivity index (χ0v) is 55.3. The summed E-state index contributed by atoms with van der Waals surface area (Å²) in [4.78, 5) is 58.9. The first kappa shape index (κ1) is 69.2. The topological polar surface area (TPSA) is 301 Å². The highest BCUT2D eigenvalue weighted by Crippen LogP contribution is 2.40. The second-order valence-electron chi connectivity index (χ2n) is 21.4. The molecule has 4 aliphatic rings. The third-order valence-electron chi connectivity index (χ3n) is 15.8. The van der Waals surface area contributed by atoms with Gasteiger partial charge in [0, 0.05) is 94.6 Å². The predicted octanol–water partition coefficient (Wildman–Crippen LogP) is 5.41. The number of β-amino-alcohol motifs (C(OH)–C–C–N with tert-alkyl or cyclic N) is 2. The van der Waals surface area contributed by atoms with E-state index in [0.29, 0.717) is 29.3 Å². The Morgan fingerprint density at radius 3 is 1.17 bits per heavy atom. The molecule has 2 aromatic heterocycles. The molecule has 90 heavy (non-hydrogen) atoms. The lowest BCUT2D eigenvalue weighted by atomic mass is 9.91. The molecule has 34 heteroatoms. The molecule has 0 radical (unpaired) electrons. The van der Waals surface area contributed by atoms with Crippen molar-refractivity contribution in [2.24, 2.45) is 0 Å². The maximum absolute atomic E-state index is 14.5. The molecular weight excluding hydrogens is 1500 g/mol. The van der Waals surface area contributed by atoms with Crippen LogP contribution in [0.4, 0.5) is 28.9 Å². The highest BCUT2D eigenvalue weighted by Gasteiger charge is 2.55. The summed E-state index contributed by atoms with van der Waals surface area (Å²) in [5.41, 5.74) is 0.790. The van der Waals surface area contributed by atoms with Crippen LogP contribution in [0.3, 0.4) is 0 Å². The van der Waals surface area contributed by atoms with Gasteiger partial charge in [0.15, 0.2) is 12.2 Å². The van der Waals surface area contributed by atoms with Gasteiger partial charge in [0.2, 0.25) is 11.8 Å². The Labute approximate surface area is 553 Å². The summed E-state index contributed by atoms with van der Waals surface area (Å²) in [6.45, 7) is 1.36. The van der Waals surface area contributed by atoms with E-state index in [2.05, 4.69) is 84.3 Å². The number of nitrogens with zero attached hydrogens (tertiary/aromatic N) is 10. The van der Waals surface area contributed by atoms with Crippen LogP contribution in [-0.4, -0.2) is 221 Å². The molecule has 6 heterocycles. The van der Waals surface area contributed by atoms with Crippen molar-refractivity contribution in [1.82, 2.24) is 39.8 Å². The first-order valence-corrected chi connectivity index (χ1v) is 31.1. The van der Waals surface area contributed by atoms with Crippen molar-refractivity contribution < 1.29 is 86.3 Å². The Morgan fingerprint density at radius 2 is 0.889 bits per heavy atom. The number of halogens is 10. The van der Waals surface area contributed by atoms with Crippen molar-refractivity contribution in [2.75, 3.05) is 63.4 Å². The molecule has 14 atom stereocenters. The van der Waals surface area contributed by atoms with Gasteiger partial charge < -0.3 is 69.2 Å². The minimum absolute atomic E-state index is 0.00753. The number of benzene rings is 4. The number of aliphatic hydroxyl groups excluding tert-OH is 6. The van der Waals surface area contributed by atoms with Crippen molar-refractivity contribution in [3.63, 3.8) is 0 Å². The molecule has 0 unspecified atom stereocenters. The fourth-order valence-electron chi connectivity index (χ4n) is 11.4. The van der Waals surface area contributed by atoms with Gasteiger partial charge in [0.05, 0.1) is 49.9 Å². The van der Waals surface area contributed by atoms with Gasteiger partial charge in [-0.1, -0.05) is 97.3 Å². The summed E-state index contributed by atoms with van der Waals surface area (Å²) in [6, 6.07) is 9.86. The highest BCUT2D eigenvalue weighted by molar-refractivity contribution is 9.11. The molecule has 4 aromatic carbocycles. The lowest BCUT2D eigenvalue weighted by molar-refractivity contribution is -0.211. The van der Waals surface area contributed by atoms with Crippen molar-refractivity contribution in [3.8, 4) is 22.5 Å². The fourth-order valence-corrected chi connectivity index (χ4v) is 14.1. The Kier molecular flexibility index (Phi) is 22.3. The number of aliphatic hydroxyl groups is 6. The maximum Gasteiger partial charge on any atom is 0.259 e. The molecule has 6 N–H and O–H groups in total. The van der Waals surface area contributed by atoms with Gasteiger partial charge in [0.1, 0.15) is 93.4 Å². The lowest BCUT2D eigenvalue weighted by Gasteiger charge is -2.45. The van der Waals surface area contributed by atoms with Gasteiger partial charge in [-0.25, -0.2) is 26.9 Å². The van der Waals surface area contributed by atoms with Gasteiger partial charge in [0.25, 0.3) is 11.8 Å². The third kappa shape index (κ3) is 14.3. The Hall–Kier alpha value is -5.14. The number of hydrogen-bond donors (Lipinski definition) is 6. The molecule has 4 aliphatic heterocycles.